The molecule has 0 radical (unpaired) electrons. The first-order valence-electron chi connectivity index (χ1n) is 8.84. The van der Waals surface area contributed by atoms with Crippen molar-refractivity contribution in [1.82, 2.24) is 9.13 Å². The first kappa shape index (κ1) is 18.1. The van der Waals surface area contributed by atoms with E-state index >= 15 is 0 Å². The van der Waals surface area contributed by atoms with Crippen molar-refractivity contribution in [2.45, 2.75) is 20.8 Å². The van der Waals surface area contributed by atoms with E-state index in [1.54, 1.807) is 11.5 Å². The highest BCUT2D eigenvalue weighted by Gasteiger charge is 2.19. The van der Waals surface area contributed by atoms with Crippen LogP contribution in [0.1, 0.15) is 16.7 Å². The van der Waals surface area contributed by atoms with Gasteiger partial charge in [-0.05, 0) is 61.8 Å². The number of aromatic nitrogens is 2. The van der Waals surface area contributed by atoms with E-state index in [1.807, 2.05) is 62.4 Å². The Hall–Kier alpha value is -3.25. The van der Waals surface area contributed by atoms with Gasteiger partial charge in [0.25, 0.3) is 5.56 Å². The molecular weight excluding hydrogens is 372 g/mol. The maximum absolute atomic E-state index is 13.4. The van der Waals surface area contributed by atoms with Crippen LogP contribution in [0.4, 0.5) is 0 Å². The van der Waals surface area contributed by atoms with Crippen molar-refractivity contribution >= 4 is 23.3 Å². The zero-order valence-electron chi connectivity index (χ0n) is 15.7. The van der Waals surface area contributed by atoms with Gasteiger partial charge in [0.2, 0.25) is 5.71 Å². The van der Waals surface area contributed by atoms with Crippen LogP contribution in [0.3, 0.4) is 0 Å². The standard InChI is InChI=1S/C22H18N2O3S/c1-13-8-4-6-10-16(13)23-20(26)19-15(3)12-18(25)27-21(19)24(22(23)28)17-11-7-5-9-14(17)2/h4-12H,1-3H3. The van der Waals surface area contributed by atoms with Gasteiger partial charge in [0.05, 0.1) is 11.4 Å². The van der Waals surface area contributed by atoms with Crippen LogP contribution in [-0.2, 0) is 0 Å². The Morgan fingerprint density at radius 3 is 1.89 bits per heavy atom. The number of nitrogens with zero attached hydrogens (tertiary/aromatic N) is 2. The molecule has 0 aliphatic rings. The van der Waals surface area contributed by atoms with Gasteiger partial charge in [-0.25, -0.2) is 4.79 Å². The number of fused-ring (bicyclic) bond motifs is 1. The summed E-state index contributed by atoms with van der Waals surface area (Å²) in [6.45, 7) is 5.60. The topological polar surface area (TPSA) is 57.1 Å². The molecule has 0 saturated carbocycles. The molecule has 0 fully saturated rings. The first-order valence-corrected chi connectivity index (χ1v) is 9.25. The molecule has 0 unspecified atom stereocenters. The number of hydrogen-bond acceptors (Lipinski definition) is 4. The summed E-state index contributed by atoms with van der Waals surface area (Å²) in [5.74, 6) is 0. The van der Waals surface area contributed by atoms with Gasteiger partial charge in [0, 0.05) is 6.07 Å². The van der Waals surface area contributed by atoms with E-state index in [4.69, 9.17) is 16.6 Å². The van der Waals surface area contributed by atoms with Crippen LogP contribution in [0.15, 0.2) is 68.6 Å². The normalized spacial score (nSPS) is 11.1. The second-order valence-electron chi connectivity index (χ2n) is 6.76. The van der Waals surface area contributed by atoms with Crippen molar-refractivity contribution in [2.24, 2.45) is 0 Å². The fraction of sp³-hybridized carbons (Fsp3) is 0.136. The molecule has 0 aliphatic heterocycles. The van der Waals surface area contributed by atoms with Crippen LogP contribution in [0.2, 0.25) is 0 Å². The van der Waals surface area contributed by atoms with Crippen molar-refractivity contribution < 1.29 is 4.42 Å². The molecule has 0 bridgehead atoms. The zero-order chi connectivity index (χ0) is 20.0. The Kier molecular flexibility index (Phi) is 4.35. The maximum atomic E-state index is 13.4. The highest BCUT2D eigenvalue weighted by Crippen LogP contribution is 2.23. The van der Waals surface area contributed by atoms with Gasteiger partial charge in [0.1, 0.15) is 5.39 Å². The Bertz CT molecular complexity index is 1410. The summed E-state index contributed by atoms with van der Waals surface area (Å²) >= 11 is 5.74. The molecule has 0 aliphatic carbocycles. The van der Waals surface area contributed by atoms with Crippen LogP contribution in [0.5, 0.6) is 0 Å². The Labute approximate surface area is 166 Å². The van der Waals surface area contributed by atoms with Gasteiger partial charge in [-0.15, -0.1) is 0 Å². The van der Waals surface area contributed by atoms with E-state index in [1.165, 1.54) is 10.6 Å². The summed E-state index contributed by atoms with van der Waals surface area (Å²) < 4.78 is 8.91. The average Bonchev–Trinajstić information content (AvgIpc) is 2.64. The van der Waals surface area contributed by atoms with E-state index < -0.39 is 5.63 Å². The van der Waals surface area contributed by atoms with Crippen LogP contribution in [-0.4, -0.2) is 9.13 Å². The fourth-order valence-electron chi connectivity index (χ4n) is 3.45. The minimum Gasteiger partial charge on any atom is -0.405 e. The van der Waals surface area contributed by atoms with Gasteiger partial charge in [-0.3, -0.25) is 13.9 Å². The highest BCUT2D eigenvalue weighted by atomic mass is 32.1. The lowest BCUT2D eigenvalue weighted by Gasteiger charge is -2.18. The summed E-state index contributed by atoms with van der Waals surface area (Å²) in [7, 11) is 0. The minimum absolute atomic E-state index is 0.166. The molecule has 4 aromatic rings. The van der Waals surface area contributed by atoms with Crippen molar-refractivity contribution in [3.8, 4) is 11.4 Å². The summed E-state index contributed by atoms with van der Waals surface area (Å²) in [5, 5.41) is 0.333. The Balaban J connectivity index is 2.31. The number of para-hydroxylation sites is 2. The van der Waals surface area contributed by atoms with Gasteiger partial charge in [-0.2, -0.15) is 0 Å². The molecule has 0 amide bonds. The van der Waals surface area contributed by atoms with E-state index in [0.29, 0.717) is 16.6 Å². The summed E-state index contributed by atoms with van der Waals surface area (Å²) in [6, 6.07) is 16.5. The summed E-state index contributed by atoms with van der Waals surface area (Å²) in [5.41, 5.74) is 3.21. The molecule has 4 rings (SSSR count). The molecule has 0 N–H and O–H groups in total. The Morgan fingerprint density at radius 2 is 1.32 bits per heavy atom. The van der Waals surface area contributed by atoms with Gasteiger partial charge < -0.3 is 4.42 Å². The summed E-state index contributed by atoms with van der Waals surface area (Å²) in [4.78, 5) is 25.5. The third-order valence-electron chi connectivity index (χ3n) is 4.86. The number of hydrogen-bond donors (Lipinski definition) is 0. The van der Waals surface area contributed by atoms with Crippen LogP contribution >= 0.6 is 12.2 Å². The molecule has 0 atom stereocenters. The SMILES string of the molecule is Cc1ccccc1-n1c(=O)c2c(C)cc(=O)oc2n(-c2ccccc2C)c1=S. The second-order valence-corrected chi connectivity index (χ2v) is 7.13. The summed E-state index contributed by atoms with van der Waals surface area (Å²) in [6.07, 6.45) is 0. The molecule has 5 nitrogen and oxygen atoms in total. The predicted molar refractivity (Wildman–Crippen MR) is 112 cm³/mol. The van der Waals surface area contributed by atoms with E-state index in [0.717, 1.165) is 16.8 Å². The van der Waals surface area contributed by atoms with Crippen LogP contribution in [0.25, 0.3) is 22.5 Å². The van der Waals surface area contributed by atoms with Crippen molar-refractivity contribution in [1.29, 1.82) is 0 Å². The lowest BCUT2D eigenvalue weighted by Crippen LogP contribution is -2.26. The Morgan fingerprint density at radius 1 is 0.786 bits per heavy atom. The average molecular weight is 390 g/mol. The van der Waals surface area contributed by atoms with Crippen molar-refractivity contribution in [3.05, 3.63) is 96.8 Å². The van der Waals surface area contributed by atoms with Gasteiger partial charge >= 0.3 is 5.63 Å². The smallest absolute Gasteiger partial charge is 0.337 e. The molecule has 28 heavy (non-hydrogen) atoms. The fourth-order valence-corrected chi connectivity index (χ4v) is 3.81. The second kappa shape index (κ2) is 6.73. The lowest BCUT2D eigenvalue weighted by atomic mass is 10.1. The number of aryl methyl sites for hydroxylation is 3. The molecule has 0 spiro atoms. The lowest BCUT2D eigenvalue weighted by molar-refractivity contribution is 0.533. The maximum Gasteiger partial charge on any atom is 0.337 e. The molecule has 140 valence electrons. The molecular formula is C22H18N2O3S. The third-order valence-corrected chi connectivity index (χ3v) is 5.22. The molecule has 0 saturated heterocycles. The largest absolute Gasteiger partial charge is 0.405 e. The van der Waals surface area contributed by atoms with Crippen molar-refractivity contribution in [3.63, 3.8) is 0 Å². The van der Waals surface area contributed by atoms with E-state index in [-0.39, 0.29) is 16.0 Å². The van der Waals surface area contributed by atoms with Gasteiger partial charge in [-0.1, -0.05) is 36.4 Å². The number of rotatable bonds is 2. The first-order chi connectivity index (χ1) is 13.4. The molecule has 2 heterocycles. The van der Waals surface area contributed by atoms with Crippen LogP contribution in [0, 0.1) is 25.5 Å². The number of benzene rings is 2. The molecule has 6 heteroatoms. The van der Waals surface area contributed by atoms with Crippen molar-refractivity contribution in [2.75, 3.05) is 0 Å². The van der Waals surface area contributed by atoms with E-state index in [2.05, 4.69) is 0 Å². The predicted octanol–water partition coefficient (Wildman–Crippen LogP) is 4.39. The van der Waals surface area contributed by atoms with E-state index in [9.17, 15) is 9.59 Å². The zero-order valence-corrected chi connectivity index (χ0v) is 16.5. The van der Waals surface area contributed by atoms with Gasteiger partial charge in [0.15, 0.2) is 4.77 Å². The minimum atomic E-state index is -0.519. The quantitative estimate of drug-likeness (QED) is 0.476. The highest BCUT2D eigenvalue weighted by molar-refractivity contribution is 7.71. The van der Waals surface area contributed by atoms with Crippen LogP contribution < -0.4 is 11.2 Å². The third kappa shape index (κ3) is 2.73. The molecule has 2 aromatic heterocycles. The molecule has 2 aromatic carbocycles. The monoisotopic (exact) mass is 390 g/mol.